The summed E-state index contributed by atoms with van der Waals surface area (Å²) in [6, 6.07) is 14.4. The molecule has 1 fully saturated rings. The smallest absolute Gasteiger partial charge is 0.307 e. The molecule has 2 unspecified atom stereocenters. The predicted molar refractivity (Wildman–Crippen MR) is 94.7 cm³/mol. The lowest BCUT2D eigenvalue weighted by molar-refractivity contribution is -0.151. The number of nitrogens with one attached hydrogen (secondary N) is 1. The number of carbonyl (C=O) groups excluding carboxylic acids is 1. The predicted octanol–water partition coefficient (Wildman–Crippen LogP) is 3.97. The number of aliphatic carboxylic acids is 1. The zero-order chi connectivity index (χ0) is 17.8. The summed E-state index contributed by atoms with van der Waals surface area (Å²) in [4.78, 5) is 23.2. The van der Waals surface area contributed by atoms with E-state index in [0.29, 0.717) is 35.9 Å². The maximum Gasteiger partial charge on any atom is 0.307 e. The van der Waals surface area contributed by atoms with E-state index in [4.69, 9.17) is 21.4 Å². The first-order chi connectivity index (χ1) is 12.0. The van der Waals surface area contributed by atoms with Crippen molar-refractivity contribution in [2.24, 2.45) is 11.8 Å². The van der Waals surface area contributed by atoms with Crippen LogP contribution in [0.1, 0.15) is 18.4 Å². The molecule has 0 radical (unpaired) electrons. The van der Waals surface area contributed by atoms with Crippen LogP contribution in [0.5, 0.6) is 5.75 Å². The highest BCUT2D eigenvalue weighted by Gasteiger charge is 2.41. The Balaban J connectivity index is 1.58. The number of hydrogen-bond acceptors (Lipinski definition) is 3. The number of carboxylic acid groups (broad SMARTS) is 1. The van der Waals surface area contributed by atoms with E-state index in [1.165, 1.54) is 0 Å². The SMILES string of the molecule is O=C(O)C1CCC1C(=O)Nc1cccc(OCc2ccc(Cl)cc2)c1. The van der Waals surface area contributed by atoms with Gasteiger partial charge in [0.15, 0.2) is 0 Å². The maximum atomic E-state index is 12.2. The van der Waals surface area contributed by atoms with Gasteiger partial charge in [0.1, 0.15) is 12.4 Å². The lowest BCUT2D eigenvalue weighted by atomic mass is 9.73. The number of carbonyl (C=O) groups is 2. The molecule has 0 heterocycles. The summed E-state index contributed by atoms with van der Waals surface area (Å²) in [7, 11) is 0. The van der Waals surface area contributed by atoms with E-state index < -0.39 is 17.8 Å². The minimum absolute atomic E-state index is 0.256. The first kappa shape index (κ1) is 17.3. The van der Waals surface area contributed by atoms with Crippen LogP contribution in [0.25, 0.3) is 0 Å². The van der Waals surface area contributed by atoms with E-state index in [9.17, 15) is 9.59 Å². The van der Waals surface area contributed by atoms with Crippen molar-refractivity contribution in [3.8, 4) is 5.75 Å². The Bertz CT molecular complexity index is 775. The van der Waals surface area contributed by atoms with Crippen LogP contribution in [0.4, 0.5) is 5.69 Å². The molecule has 2 aromatic carbocycles. The van der Waals surface area contributed by atoms with E-state index in [1.807, 2.05) is 12.1 Å². The normalized spacial score (nSPS) is 18.9. The Morgan fingerprint density at radius 3 is 2.48 bits per heavy atom. The van der Waals surface area contributed by atoms with Crippen LogP contribution < -0.4 is 10.1 Å². The van der Waals surface area contributed by atoms with Crippen LogP contribution in [-0.4, -0.2) is 17.0 Å². The van der Waals surface area contributed by atoms with Crippen LogP contribution in [0.15, 0.2) is 48.5 Å². The molecule has 0 aromatic heterocycles. The van der Waals surface area contributed by atoms with Crippen LogP contribution in [0, 0.1) is 11.8 Å². The van der Waals surface area contributed by atoms with Gasteiger partial charge in [-0.15, -0.1) is 0 Å². The highest BCUT2D eigenvalue weighted by molar-refractivity contribution is 6.30. The van der Waals surface area contributed by atoms with Crippen molar-refractivity contribution in [3.63, 3.8) is 0 Å². The summed E-state index contributed by atoms with van der Waals surface area (Å²) >= 11 is 5.85. The van der Waals surface area contributed by atoms with E-state index >= 15 is 0 Å². The zero-order valence-electron chi connectivity index (χ0n) is 13.4. The fraction of sp³-hybridized carbons (Fsp3) is 0.263. The van der Waals surface area contributed by atoms with Gasteiger partial charge in [0.05, 0.1) is 11.8 Å². The van der Waals surface area contributed by atoms with Crippen molar-refractivity contribution in [3.05, 3.63) is 59.1 Å². The second-order valence-electron chi connectivity index (χ2n) is 6.06. The molecule has 0 saturated heterocycles. The molecule has 2 aromatic rings. The third kappa shape index (κ3) is 4.31. The first-order valence-corrected chi connectivity index (χ1v) is 8.42. The molecule has 130 valence electrons. The lowest BCUT2D eigenvalue weighted by Gasteiger charge is -2.31. The number of anilines is 1. The standard InChI is InChI=1S/C19H18ClNO4/c20-13-6-4-12(5-7-13)11-25-15-3-1-2-14(10-15)21-18(22)16-8-9-17(16)19(23)24/h1-7,10,16-17H,8-9,11H2,(H,21,22)(H,23,24). The minimum Gasteiger partial charge on any atom is -0.489 e. The number of ether oxygens (including phenoxy) is 1. The largest absolute Gasteiger partial charge is 0.489 e. The van der Waals surface area contributed by atoms with E-state index in [2.05, 4.69) is 5.32 Å². The molecule has 1 aliphatic carbocycles. The highest BCUT2D eigenvalue weighted by Crippen LogP contribution is 2.35. The van der Waals surface area contributed by atoms with E-state index in [0.717, 1.165) is 5.56 Å². The number of amides is 1. The second-order valence-corrected chi connectivity index (χ2v) is 6.50. The molecule has 1 aliphatic rings. The van der Waals surface area contributed by atoms with Crippen molar-refractivity contribution in [2.45, 2.75) is 19.4 Å². The van der Waals surface area contributed by atoms with Crippen molar-refractivity contribution in [1.29, 1.82) is 0 Å². The second kappa shape index (κ2) is 7.57. The molecule has 2 atom stereocenters. The number of carboxylic acids is 1. The van der Waals surface area contributed by atoms with Gasteiger partial charge in [-0.25, -0.2) is 0 Å². The topological polar surface area (TPSA) is 75.6 Å². The Kier molecular flexibility index (Phi) is 5.24. The van der Waals surface area contributed by atoms with Crippen LogP contribution in [0.2, 0.25) is 5.02 Å². The number of benzene rings is 2. The van der Waals surface area contributed by atoms with Gasteiger partial charge >= 0.3 is 5.97 Å². The molecule has 0 spiro atoms. The third-order valence-electron chi connectivity index (χ3n) is 4.35. The van der Waals surface area contributed by atoms with E-state index in [-0.39, 0.29) is 5.91 Å². The quantitative estimate of drug-likeness (QED) is 0.818. The molecule has 6 heteroatoms. The van der Waals surface area contributed by atoms with Gasteiger partial charge < -0.3 is 15.2 Å². The molecule has 3 rings (SSSR count). The van der Waals surface area contributed by atoms with Crippen LogP contribution in [-0.2, 0) is 16.2 Å². The minimum atomic E-state index is -0.911. The fourth-order valence-corrected chi connectivity index (χ4v) is 2.88. The Labute approximate surface area is 150 Å². The van der Waals surface area contributed by atoms with Gasteiger partial charge in [0, 0.05) is 16.8 Å². The summed E-state index contributed by atoms with van der Waals surface area (Å²) in [5, 5.41) is 12.5. The Morgan fingerprint density at radius 1 is 1.12 bits per heavy atom. The summed E-state index contributed by atoms with van der Waals surface area (Å²) < 4.78 is 5.73. The average Bonchev–Trinajstić information content (AvgIpc) is 2.53. The average molecular weight is 360 g/mol. The molecule has 0 bridgehead atoms. The third-order valence-corrected chi connectivity index (χ3v) is 4.60. The molecule has 25 heavy (non-hydrogen) atoms. The van der Waals surface area contributed by atoms with Gasteiger partial charge in [0.2, 0.25) is 5.91 Å². The molecule has 1 amide bonds. The van der Waals surface area contributed by atoms with Crippen molar-refractivity contribution >= 4 is 29.2 Å². The van der Waals surface area contributed by atoms with Crippen LogP contribution in [0.3, 0.4) is 0 Å². The summed E-state index contributed by atoms with van der Waals surface area (Å²) in [5.41, 5.74) is 1.58. The van der Waals surface area contributed by atoms with Crippen molar-refractivity contribution < 1.29 is 19.4 Å². The number of halogens is 1. The summed E-state index contributed by atoms with van der Waals surface area (Å²) in [6.07, 6.45) is 1.16. The van der Waals surface area contributed by atoms with Gasteiger partial charge in [-0.3, -0.25) is 9.59 Å². The Hall–Kier alpha value is -2.53. The highest BCUT2D eigenvalue weighted by atomic mass is 35.5. The fourth-order valence-electron chi connectivity index (χ4n) is 2.76. The zero-order valence-corrected chi connectivity index (χ0v) is 14.2. The molecule has 0 aliphatic heterocycles. The molecule has 1 saturated carbocycles. The Morgan fingerprint density at radius 2 is 1.84 bits per heavy atom. The van der Waals surface area contributed by atoms with Gasteiger partial charge in [-0.05, 0) is 42.7 Å². The molecular weight excluding hydrogens is 342 g/mol. The number of rotatable bonds is 6. The van der Waals surface area contributed by atoms with Crippen LogP contribution >= 0.6 is 11.6 Å². The monoisotopic (exact) mass is 359 g/mol. The van der Waals surface area contributed by atoms with Crippen molar-refractivity contribution in [1.82, 2.24) is 0 Å². The van der Waals surface area contributed by atoms with Gasteiger partial charge in [-0.2, -0.15) is 0 Å². The molecule has 2 N–H and O–H groups in total. The van der Waals surface area contributed by atoms with E-state index in [1.54, 1.807) is 36.4 Å². The lowest BCUT2D eigenvalue weighted by Crippen LogP contribution is -2.41. The number of hydrogen-bond donors (Lipinski definition) is 2. The maximum absolute atomic E-state index is 12.2. The van der Waals surface area contributed by atoms with Crippen molar-refractivity contribution in [2.75, 3.05) is 5.32 Å². The molecule has 5 nitrogen and oxygen atoms in total. The first-order valence-electron chi connectivity index (χ1n) is 8.04. The van der Waals surface area contributed by atoms with Gasteiger partial charge in [-0.1, -0.05) is 29.8 Å². The summed E-state index contributed by atoms with van der Waals surface area (Å²) in [6.45, 7) is 0.387. The molecular formula is C19H18ClNO4. The van der Waals surface area contributed by atoms with Gasteiger partial charge in [0.25, 0.3) is 0 Å². The summed E-state index contributed by atoms with van der Waals surface area (Å²) in [5.74, 6) is -1.59.